The molecule has 4 rings (SSSR count). The van der Waals surface area contributed by atoms with Crippen LogP contribution in [0.3, 0.4) is 0 Å². The van der Waals surface area contributed by atoms with E-state index in [1.165, 1.54) is 6.07 Å². The molecule has 6 heteroatoms. The molecule has 0 bridgehead atoms. The van der Waals surface area contributed by atoms with Crippen molar-refractivity contribution in [3.8, 4) is 16.9 Å². The highest BCUT2D eigenvalue weighted by Gasteiger charge is 2.14. The van der Waals surface area contributed by atoms with Crippen molar-refractivity contribution in [1.29, 1.82) is 0 Å². The van der Waals surface area contributed by atoms with Gasteiger partial charge in [-0.15, -0.1) is 0 Å². The van der Waals surface area contributed by atoms with Crippen LogP contribution in [0.25, 0.3) is 11.1 Å². The molecule has 0 amide bonds. The van der Waals surface area contributed by atoms with Gasteiger partial charge in [-0.3, -0.25) is 0 Å². The van der Waals surface area contributed by atoms with Crippen molar-refractivity contribution >= 4 is 0 Å². The van der Waals surface area contributed by atoms with Gasteiger partial charge in [-0.2, -0.15) is 4.98 Å². The third kappa shape index (κ3) is 4.72. The molecule has 0 fully saturated rings. The molecule has 2 N–H and O–H groups in total. The van der Waals surface area contributed by atoms with Gasteiger partial charge in [-0.25, -0.2) is 4.39 Å². The van der Waals surface area contributed by atoms with Crippen molar-refractivity contribution in [2.75, 3.05) is 0 Å². The maximum absolute atomic E-state index is 14.5. The summed E-state index contributed by atoms with van der Waals surface area (Å²) in [4.78, 5) is 4.17. The van der Waals surface area contributed by atoms with Gasteiger partial charge in [0, 0.05) is 0 Å². The Balaban J connectivity index is 1.41. The molecule has 0 aliphatic heterocycles. The zero-order valence-electron chi connectivity index (χ0n) is 16.6. The van der Waals surface area contributed by atoms with Crippen LogP contribution in [-0.4, -0.2) is 10.1 Å². The van der Waals surface area contributed by atoms with Crippen molar-refractivity contribution in [1.82, 2.24) is 10.1 Å². The van der Waals surface area contributed by atoms with Crippen molar-refractivity contribution in [3.05, 3.63) is 101 Å². The number of hydrogen-bond donors (Lipinski definition) is 1. The average Bonchev–Trinajstić information content (AvgIpc) is 3.21. The van der Waals surface area contributed by atoms with Crippen LogP contribution in [0.5, 0.6) is 5.75 Å². The fraction of sp³-hybridized carbons (Fsp3) is 0.167. The Labute approximate surface area is 174 Å². The second-order valence-electron chi connectivity index (χ2n) is 7.11. The number of rotatable bonds is 7. The molecule has 0 saturated heterocycles. The lowest BCUT2D eigenvalue weighted by Gasteiger charge is -2.10. The molecule has 0 aliphatic rings. The van der Waals surface area contributed by atoms with Crippen molar-refractivity contribution in [3.63, 3.8) is 0 Å². The summed E-state index contributed by atoms with van der Waals surface area (Å²) in [5, 5.41) is 3.77. The number of aromatic nitrogens is 2. The second kappa shape index (κ2) is 8.88. The van der Waals surface area contributed by atoms with E-state index in [2.05, 4.69) is 10.1 Å². The average molecular weight is 403 g/mol. The molecule has 0 saturated carbocycles. The van der Waals surface area contributed by atoms with E-state index < -0.39 is 0 Å². The summed E-state index contributed by atoms with van der Waals surface area (Å²) >= 11 is 0. The normalized spacial score (nSPS) is 12.0. The standard InChI is InChI=1S/C24H22FN3O2/c1-16-27-24(30-28-16)22(26)13-17-7-9-19(10-8-17)20-11-12-23(21(25)14-20)29-15-18-5-3-2-4-6-18/h2-12,14,22H,13,15,26H2,1H3. The minimum atomic E-state index is -0.388. The number of aryl methyl sites for hydroxylation is 1. The molecule has 1 aromatic heterocycles. The van der Waals surface area contributed by atoms with Gasteiger partial charge in [-0.05, 0) is 47.7 Å². The smallest absolute Gasteiger partial charge is 0.243 e. The predicted octanol–water partition coefficient (Wildman–Crippen LogP) is 5.01. The van der Waals surface area contributed by atoms with E-state index in [1.807, 2.05) is 60.7 Å². The Kier molecular flexibility index (Phi) is 5.86. The van der Waals surface area contributed by atoms with Gasteiger partial charge in [0.2, 0.25) is 5.89 Å². The first-order valence-electron chi connectivity index (χ1n) is 9.70. The Hall–Kier alpha value is -3.51. The number of nitrogens with zero attached hydrogens (tertiary/aromatic N) is 2. The van der Waals surface area contributed by atoms with E-state index in [1.54, 1.807) is 13.0 Å². The van der Waals surface area contributed by atoms with Crippen LogP contribution in [0.2, 0.25) is 0 Å². The Morgan fingerprint density at radius 3 is 2.37 bits per heavy atom. The summed E-state index contributed by atoms with van der Waals surface area (Å²) in [7, 11) is 0. The van der Waals surface area contributed by atoms with Crippen LogP contribution in [0.1, 0.15) is 28.9 Å². The summed E-state index contributed by atoms with van der Waals surface area (Å²) in [6, 6.07) is 22.1. The Morgan fingerprint density at radius 1 is 0.967 bits per heavy atom. The zero-order chi connectivity index (χ0) is 20.9. The van der Waals surface area contributed by atoms with Crippen LogP contribution in [-0.2, 0) is 13.0 Å². The molecule has 4 aromatic rings. The number of nitrogens with two attached hydrogens (primary N) is 1. The van der Waals surface area contributed by atoms with Crippen molar-refractivity contribution in [2.45, 2.75) is 26.0 Å². The van der Waals surface area contributed by atoms with Crippen LogP contribution >= 0.6 is 0 Å². The summed E-state index contributed by atoms with van der Waals surface area (Å²) in [6.07, 6.45) is 0.572. The van der Waals surface area contributed by atoms with Gasteiger partial charge in [-0.1, -0.05) is 65.8 Å². The summed E-state index contributed by atoms with van der Waals surface area (Å²) in [6.45, 7) is 2.08. The van der Waals surface area contributed by atoms with Crippen LogP contribution in [0.4, 0.5) is 4.39 Å². The number of halogens is 1. The number of benzene rings is 3. The third-order valence-electron chi connectivity index (χ3n) is 4.77. The largest absolute Gasteiger partial charge is 0.486 e. The summed E-state index contributed by atoms with van der Waals surface area (Å²) in [5.41, 5.74) is 9.85. The summed E-state index contributed by atoms with van der Waals surface area (Å²) < 4.78 is 25.3. The molecule has 1 atom stereocenters. The first kappa shape index (κ1) is 19.8. The predicted molar refractivity (Wildman–Crippen MR) is 112 cm³/mol. The molecule has 0 aliphatic carbocycles. The monoisotopic (exact) mass is 403 g/mol. The molecule has 1 unspecified atom stereocenters. The van der Waals surface area contributed by atoms with E-state index in [0.29, 0.717) is 24.7 Å². The molecule has 1 heterocycles. The highest BCUT2D eigenvalue weighted by Crippen LogP contribution is 2.27. The molecular formula is C24H22FN3O2. The van der Waals surface area contributed by atoms with Crippen LogP contribution < -0.4 is 10.5 Å². The van der Waals surface area contributed by atoms with Gasteiger partial charge in [0.15, 0.2) is 17.4 Å². The minimum absolute atomic E-state index is 0.236. The lowest BCUT2D eigenvalue weighted by Crippen LogP contribution is -2.13. The van der Waals surface area contributed by atoms with E-state index in [-0.39, 0.29) is 17.6 Å². The van der Waals surface area contributed by atoms with E-state index in [0.717, 1.165) is 22.3 Å². The fourth-order valence-electron chi connectivity index (χ4n) is 3.17. The van der Waals surface area contributed by atoms with E-state index in [4.69, 9.17) is 15.0 Å². The fourth-order valence-corrected chi connectivity index (χ4v) is 3.17. The van der Waals surface area contributed by atoms with Gasteiger partial charge >= 0.3 is 0 Å². The second-order valence-corrected chi connectivity index (χ2v) is 7.11. The van der Waals surface area contributed by atoms with E-state index in [9.17, 15) is 4.39 Å². The highest BCUT2D eigenvalue weighted by atomic mass is 19.1. The molecule has 5 nitrogen and oxygen atoms in total. The minimum Gasteiger partial charge on any atom is -0.486 e. The Morgan fingerprint density at radius 2 is 1.70 bits per heavy atom. The molecule has 0 spiro atoms. The highest BCUT2D eigenvalue weighted by molar-refractivity contribution is 5.64. The first-order valence-corrected chi connectivity index (χ1v) is 9.70. The first-order chi connectivity index (χ1) is 14.6. The maximum atomic E-state index is 14.5. The topological polar surface area (TPSA) is 74.2 Å². The number of ether oxygens (including phenoxy) is 1. The maximum Gasteiger partial charge on any atom is 0.243 e. The van der Waals surface area contributed by atoms with Gasteiger partial charge in [0.25, 0.3) is 0 Å². The quantitative estimate of drug-likeness (QED) is 0.470. The molecule has 152 valence electrons. The third-order valence-corrected chi connectivity index (χ3v) is 4.77. The molecule has 0 radical (unpaired) electrons. The van der Waals surface area contributed by atoms with Crippen molar-refractivity contribution in [2.24, 2.45) is 5.73 Å². The summed E-state index contributed by atoms with van der Waals surface area (Å²) in [5.74, 6) is 0.833. The molecule has 3 aromatic carbocycles. The lowest BCUT2D eigenvalue weighted by molar-refractivity contribution is 0.290. The molecular weight excluding hydrogens is 381 g/mol. The van der Waals surface area contributed by atoms with Crippen LogP contribution in [0.15, 0.2) is 77.3 Å². The van der Waals surface area contributed by atoms with Gasteiger partial charge in [0.1, 0.15) is 6.61 Å². The SMILES string of the molecule is Cc1noc(C(N)Cc2ccc(-c3ccc(OCc4ccccc4)c(F)c3)cc2)n1. The van der Waals surface area contributed by atoms with Gasteiger partial charge < -0.3 is 15.0 Å². The zero-order valence-corrected chi connectivity index (χ0v) is 16.6. The Bertz CT molecular complexity index is 1110. The van der Waals surface area contributed by atoms with Crippen LogP contribution in [0, 0.1) is 12.7 Å². The van der Waals surface area contributed by atoms with Gasteiger partial charge in [0.05, 0.1) is 6.04 Å². The molecule has 30 heavy (non-hydrogen) atoms. The lowest BCUT2D eigenvalue weighted by atomic mass is 10.0. The van der Waals surface area contributed by atoms with Crippen molar-refractivity contribution < 1.29 is 13.7 Å². The van der Waals surface area contributed by atoms with E-state index >= 15 is 0 Å². The number of hydrogen-bond acceptors (Lipinski definition) is 5.